The van der Waals surface area contributed by atoms with Crippen molar-refractivity contribution in [1.29, 1.82) is 5.41 Å². The van der Waals surface area contributed by atoms with Crippen LogP contribution in [0.1, 0.15) is 54.6 Å². The van der Waals surface area contributed by atoms with Gasteiger partial charge in [-0.2, -0.15) is 0 Å². The number of nitrogens with zero attached hydrogens (tertiary/aromatic N) is 2. The molecule has 0 bridgehead atoms. The molecule has 0 aliphatic heterocycles. The molecule has 1 aliphatic rings. The monoisotopic (exact) mass is 483 g/mol. The number of aromatic nitrogens is 3. The zero-order valence-corrected chi connectivity index (χ0v) is 20.4. The molecule has 0 saturated carbocycles. The summed E-state index contributed by atoms with van der Waals surface area (Å²) in [7, 11) is 0. The smallest absolute Gasteiger partial charge is 0.157 e. The summed E-state index contributed by atoms with van der Waals surface area (Å²) in [5.41, 5.74) is 17.6. The van der Waals surface area contributed by atoms with Crippen molar-refractivity contribution < 1.29 is 16.8 Å². The number of H-pyrrole nitrogens is 1. The maximum atomic E-state index is 8.04. The number of aromatic amines is 1. The van der Waals surface area contributed by atoms with E-state index in [2.05, 4.69) is 53.9 Å². The number of imidazole rings is 1. The summed E-state index contributed by atoms with van der Waals surface area (Å²) in [5.74, 6) is 0.771. The van der Waals surface area contributed by atoms with Crippen molar-refractivity contribution in [2.45, 2.75) is 52.9 Å². The Labute approximate surface area is 206 Å². The summed E-state index contributed by atoms with van der Waals surface area (Å²) in [4.78, 5) is 12.5. The summed E-state index contributed by atoms with van der Waals surface area (Å²) in [5, 5.41) is 8.04. The van der Waals surface area contributed by atoms with Crippen LogP contribution in [0.5, 0.6) is 0 Å². The minimum absolute atomic E-state index is 0. The fraction of sp³-hybridized carbons (Fsp3) is 0.296. The summed E-state index contributed by atoms with van der Waals surface area (Å²) < 4.78 is 0. The van der Waals surface area contributed by atoms with Crippen molar-refractivity contribution >= 4 is 22.4 Å². The molecule has 33 heavy (non-hydrogen) atoms. The van der Waals surface area contributed by atoms with E-state index in [0.717, 1.165) is 66.0 Å². The molecule has 5 nitrogen and oxygen atoms in total. The summed E-state index contributed by atoms with van der Waals surface area (Å²) in [6, 6.07) is 16.3. The third kappa shape index (κ3) is 5.34. The average Bonchev–Trinajstić information content (AvgIpc) is 3.25. The molecule has 1 radical (unpaired) electrons. The van der Waals surface area contributed by atoms with E-state index in [1.54, 1.807) is 0 Å². The van der Waals surface area contributed by atoms with Gasteiger partial charge in [0.15, 0.2) is 5.82 Å². The van der Waals surface area contributed by atoms with E-state index >= 15 is 0 Å². The summed E-state index contributed by atoms with van der Waals surface area (Å²) >= 11 is 0. The molecule has 4 aromatic rings. The van der Waals surface area contributed by atoms with E-state index in [-0.39, 0.29) is 16.8 Å². The minimum atomic E-state index is 0. The fourth-order valence-corrected chi connectivity index (χ4v) is 4.23. The zero-order valence-electron chi connectivity index (χ0n) is 19.4. The maximum Gasteiger partial charge on any atom is 0.157 e. The molecule has 0 saturated heterocycles. The molecule has 0 spiro atoms. The van der Waals surface area contributed by atoms with Gasteiger partial charge in [0.05, 0.1) is 22.4 Å². The number of aryl methyl sites for hydroxylation is 4. The van der Waals surface area contributed by atoms with Crippen LogP contribution in [0.3, 0.4) is 0 Å². The second-order valence-electron chi connectivity index (χ2n) is 8.30. The van der Waals surface area contributed by atoms with Crippen LogP contribution in [-0.4, -0.2) is 20.7 Å². The van der Waals surface area contributed by atoms with Crippen LogP contribution >= 0.6 is 0 Å². The van der Waals surface area contributed by atoms with Gasteiger partial charge in [0.1, 0.15) is 5.69 Å². The largest absolute Gasteiger partial charge is 0.698 e. The van der Waals surface area contributed by atoms with E-state index in [0.29, 0.717) is 5.71 Å². The third-order valence-electron chi connectivity index (χ3n) is 5.98. The van der Waals surface area contributed by atoms with Gasteiger partial charge in [-0.3, -0.25) is 0 Å². The number of pyridine rings is 1. The van der Waals surface area contributed by atoms with Crippen molar-refractivity contribution in [2.24, 2.45) is 0 Å². The molecule has 173 valence electrons. The Morgan fingerprint density at radius 1 is 0.970 bits per heavy atom. The van der Waals surface area contributed by atoms with E-state index in [4.69, 9.17) is 11.1 Å². The Balaban J connectivity index is 0.000000205. The molecule has 6 heteroatoms. The first kappa shape index (κ1) is 24.7. The van der Waals surface area contributed by atoms with Gasteiger partial charge in [0.25, 0.3) is 0 Å². The quantitative estimate of drug-likeness (QED) is 0.325. The van der Waals surface area contributed by atoms with Gasteiger partial charge in [-0.15, -0.1) is 5.69 Å². The molecule has 5 rings (SSSR count). The Hall–Kier alpha value is -2.96. The molecule has 3 N–H and O–H groups in total. The number of benzene rings is 2. The van der Waals surface area contributed by atoms with E-state index < -0.39 is 0 Å². The molecule has 0 amide bonds. The normalized spacial score (nSPS) is 12.5. The SMILES string of the molecule is CCc1cc(C)cc(CC)c1[NH-].N=C1CCCc2ccc(-c3nc4ccccc4[nH]3)nc21.[Co]. The average molecular weight is 484 g/mol. The van der Waals surface area contributed by atoms with E-state index in [1.165, 1.54) is 22.3 Å². The van der Waals surface area contributed by atoms with Crippen LogP contribution < -0.4 is 0 Å². The Kier molecular flexibility index (Phi) is 8.05. The molecule has 0 fully saturated rings. The van der Waals surface area contributed by atoms with Crippen molar-refractivity contribution in [2.75, 3.05) is 0 Å². The van der Waals surface area contributed by atoms with E-state index in [9.17, 15) is 0 Å². The Morgan fingerprint density at radius 3 is 2.33 bits per heavy atom. The van der Waals surface area contributed by atoms with Gasteiger partial charge >= 0.3 is 0 Å². The van der Waals surface area contributed by atoms with Gasteiger partial charge in [0, 0.05) is 16.8 Å². The number of hydrogen-bond acceptors (Lipinski definition) is 3. The van der Waals surface area contributed by atoms with Crippen LogP contribution in [0.15, 0.2) is 48.5 Å². The zero-order chi connectivity index (χ0) is 22.7. The first-order valence-corrected chi connectivity index (χ1v) is 11.4. The van der Waals surface area contributed by atoms with Gasteiger partial charge in [-0.05, 0) is 62.8 Å². The van der Waals surface area contributed by atoms with Crippen LogP contribution in [0.25, 0.3) is 28.3 Å². The van der Waals surface area contributed by atoms with Crippen LogP contribution in [-0.2, 0) is 36.0 Å². The molecule has 2 aromatic carbocycles. The second kappa shape index (κ2) is 10.8. The van der Waals surface area contributed by atoms with Gasteiger partial charge < -0.3 is 16.1 Å². The standard InChI is InChI=1S/C16H14N4.C11H16N.Co/c17-11-5-3-4-10-8-9-14(18-15(10)11)16-19-12-6-1-2-7-13(12)20-16;1-4-9-6-8(3)7-10(5-2)11(9)12;/h1-2,6-9,17H,3-5H2,(H,19,20);6-7,12H,4-5H2,1-3H3;/q;-1;. The molecule has 1 aliphatic carbocycles. The predicted molar refractivity (Wildman–Crippen MR) is 133 cm³/mol. The van der Waals surface area contributed by atoms with Crippen LogP contribution in [0, 0.1) is 12.3 Å². The first-order valence-electron chi connectivity index (χ1n) is 11.4. The topological polar surface area (TPSA) is 89.2 Å². The second-order valence-corrected chi connectivity index (χ2v) is 8.30. The van der Waals surface area contributed by atoms with Crippen LogP contribution in [0.2, 0.25) is 0 Å². The van der Waals surface area contributed by atoms with Crippen LogP contribution in [0.4, 0.5) is 5.69 Å². The predicted octanol–water partition coefficient (Wildman–Crippen LogP) is 7.13. The number of rotatable bonds is 3. The van der Waals surface area contributed by atoms with Gasteiger partial charge in [0.2, 0.25) is 0 Å². The minimum Gasteiger partial charge on any atom is -0.698 e. The van der Waals surface area contributed by atoms with Crippen molar-refractivity contribution in [3.63, 3.8) is 0 Å². The molecule has 0 unspecified atom stereocenters. The molecular formula is C27H30CoN5-. The van der Waals surface area contributed by atoms with Crippen molar-refractivity contribution in [1.82, 2.24) is 15.0 Å². The van der Waals surface area contributed by atoms with E-state index in [1.807, 2.05) is 30.3 Å². The number of nitrogens with one attached hydrogen (secondary N) is 3. The number of fused-ring (bicyclic) bond motifs is 2. The van der Waals surface area contributed by atoms with Gasteiger partial charge in [-0.1, -0.05) is 60.9 Å². The molecule has 2 heterocycles. The third-order valence-corrected chi connectivity index (χ3v) is 5.98. The number of hydrogen-bond donors (Lipinski definition) is 2. The van der Waals surface area contributed by atoms with Crippen molar-refractivity contribution in [3.8, 4) is 11.5 Å². The first-order chi connectivity index (χ1) is 15.5. The summed E-state index contributed by atoms with van der Waals surface area (Å²) in [6.07, 6.45) is 4.83. The molecule has 2 aromatic heterocycles. The summed E-state index contributed by atoms with van der Waals surface area (Å²) in [6.45, 7) is 6.30. The molecule has 0 atom stereocenters. The van der Waals surface area contributed by atoms with Gasteiger partial charge in [-0.25, -0.2) is 9.97 Å². The fourth-order valence-electron chi connectivity index (χ4n) is 4.23. The van der Waals surface area contributed by atoms with Crippen molar-refractivity contribution in [3.05, 3.63) is 82.2 Å². The molecular weight excluding hydrogens is 453 g/mol. The maximum absolute atomic E-state index is 8.04. The Morgan fingerprint density at radius 2 is 1.67 bits per heavy atom. The number of para-hydroxylation sites is 2. The Bertz CT molecular complexity index is 1220.